The molecule has 0 aromatic heterocycles. The lowest BCUT2D eigenvalue weighted by Gasteiger charge is -2.17. The van der Waals surface area contributed by atoms with Gasteiger partial charge in [0.2, 0.25) is 0 Å². The van der Waals surface area contributed by atoms with Crippen LogP contribution in [0.2, 0.25) is 0 Å². The molecule has 17 heavy (non-hydrogen) atoms. The topological polar surface area (TPSA) is 0 Å². The maximum atomic E-state index is 3.63. The van der Waals surface area contributed by atoms with E-state index < -0.39 is 0 Å². The maximum Gasteiger partial charge on any atom is 0.00749 e. The third kappa shape index (κ3) is 3.51. The van der Waals surface area contributed by atoms with E-state index in [1.54, 1.807) is 11.1 Å². The average Bonchev–Trinajstić information content (AvgIpc) is 2.76. The normalized spacial score (nSPS) is 16.2. The molecule has 0 amide bonds. The van der Waals surface area contributed by atoms with E-state index in [0.29, 0.717) is 0 Å². The number of fused-ring (bicyclic) bond motifs is 1. The van der Waals surface area contributed by atoms with Crippen LogP contribution in [0.3, 0.4) is 0 Å². The van der Waals surface area contributed by atoms with Crippen LogP contribution in [0, 0.1) is 11.8 Å². The summed E-state index contributed by atoms with van der Waals surface area (Å²) in [5.41, 5.74) is 3.17. The fourth-order valence-corrected chi connectivity index (χ4v) is 4.84. The first-order chi connectivity index (χ1) is 8.20. The zero-order valence-electron chi connectivity index (χ0n) is 10.7. The van der Waals surface area contributed by atoms with Gasteiger partial charge in [-0.1, -0.05) is 35.8 Å². The van der Waals surface area contributed by atoms with Crippen LogP contribution in [-0.2, 0) is 12.8 Å². The molecular weight excluding hydrogens is 292 g/mol. The molecule has 1 aromatic rings. The van der Waals surface area contributed by atoms with E-state index in [0.717, 1.165) is 17.2 Å². The van der Waals surface area contributed by atoms with E-state index in [2.05, 4.69) is 48.0 Å². The molecule has 1 unspecified atom stereocenters. The van der Waals surface area contributed by atoms with Gasteiger partial charge in [-0.05, 0) is 54.4 Å². The molecule has 2 heteroatoms. The molecule has 0 heterocycles. The van der Waals surface area contributed by atoms with E-state index in [-0.39, 0.29) is 0 Å². The summed E-state index contributed by atoms with van der Waals surface area (Å²) in [4.78, 5) is 1.46. The van der Waals surface area contributed by atoms with Crippen LogP contribution >= 0.6 is 27.7 Å². The zero-order chi connectivity index (χ0) is 12.3. The number of hydrogen-bond acceptors (Lipinski definition) is 1. The minimum Gasteiger partial charge on any atom is -0.126 e. The fourth-order valence-electron chi connectivity index (χ4n) is 2.26. The van der Waals surface area contributed by atoms with E-state index >= 15 is 0 Å². The number of rotatable bonds is 5. The van der Waals surface area contributed by atoms with Gasteiger partial charge in [0.25, 0.3) is 0 Å². The van der Waals surface area contributed by atoms with Gasteiger partial charge in [-0.25, -0.2) is 0 Å². The Bertz CT molecular complexity index is 373. The van der Waals surface area contributed by atoms with Gasteiger partial charge in [-0.15, -0.1) is 11.8 Å². The first-order valence-corrected chi connectivity index (χ1v) is 8.62. The van der Waals surface area contributed by atoms with Gasteiger partial charge in [-0.2, -0.15) is 0 Å². The molecule has 2 rings (SSSR count). The van der Waals surface area contributed by atoms with Crippen molar-refractivity contribution in [3.05, 3.63) is 29.3 Å². The van der Waals surface area contributed by atoms with E-state index in [1.165, 1.54) is 29.9 Å². The van der Waals surface area contributed by atoms with Crippen LogP contribution in [0.4, 0.5) is 0 Å². The molecule has 0 saturated carbocycles. The minimum atomic E-state index is 0.760. The molecule has 0 aliphatic heterocycles. The molecule has 0 nitrogen and oxygen atoms in total. The molecule has 0 spiro atoms. The highest BCUT2D eigenvalue weighted by Gasteiger charge is 2.14. The van der Waals surface area contributed by atoms with Crippen molar-refractivity contribution >= 4 is 27.7 Å². The molecule has 1 aliphatic carbocycles. The molecule has 0 saturated heterocycles. The van der Waals surface area contributed by atoms with Crippen LogP contribution in [0.15, 0.2) is 23.1 Å². The van der Waals surface area contributed by atoms with Crippen molar-refractivity contribution < 1.29 is 0 Å². The van der Waals surface area contributed by atoms with Crippen LogP contribution in [0.25, 0.3) is 0 Å². The largest absolute Gasteiger partial charge is 0.126 e. The SMILES string of the molecule is CC(C)C(CBr)CSc1ccc2c(c1)CCC2. The van der Waals surface area contributed by atoms with Crippen molar-refractivity contribution in [1.82, 2.24) is 0 Å². The molecule has 94 valence electrons. The second-order valence-corrected chi connectivity index (χ2v) is 6.99. The Morgan fingerprint density at radius 3 is 2.71 bits per heavy atom. The summed E-state index contributed by atoms with van der Waals surface area (Å²) >= 11 is 5.64. The van der Waals surface area contributed by atoms with Gasteiger partial charge in [0.15, 0.2) is 0 Å². The van der Waals surface area contributed by atoms with Gasteiger partial charge >= 0.3 is 0 Å². The van der Waals surface area contributed by atoms with Gasteiger partial charge in [-0.3, -0.25) is 0 Å². The van der Waals surface area contributed by atoms with Gasteiger partial charge in [0, 0.05) is 16.0 Å². The second kappa shape index (κ2) is 6.29. The van der Waals surface area contributed by atoms with Crippen LogP contribution in [0.5, 0.6) is 0 Å². The molecule has 0 radical (unpaired) electrons. The van der Waals surface area contributed by atoms with Crippen molar-refractivity contribution in [3.8, 4) is 0 Å². The predicted molar refractivity (Wildman–Crippen MR) is 81.3 cm³/mol. The second-order valence-electron chi connectivity index (χ2n) is 5.25. The lowest BCUT2D eigenvalue weighted by atomic mass is 10.0. The predicted octanol–water partition coefficient (Wildman–Crippen LogP) is 4.93. The zero-order valence-corrected chi connectivity index (χ0v) is 13.1. The smallest absolute Gasteiger partial charge is 0.00749 e. The van der Waals surface area contributed by atoms with Gasteiger partial charge in [0.1, 0.15) is 0 Å². The summed E-state index contributed by atoms with van der Waals surface area (Å²) < 4.78 is 0. The summed E-state index contributed by atoms with van der Waals surface area (Å²) in [5.74, 6) is 2.76. The van der Waals surface area contributed by atoms with E-state index in [9.17, 15) is 0 Å². The Morgan fingerprint density at radius 2 is 2.00 bits per heavy atom. The number of thioether (sulfide) groups is 1. The Labute approximate surface area is 118 Å². The maximum absolute atomic E-state index is 3.63. The van der Waals surface area contributed by atoms with Gasteiger partial charge < -0.3 is 0 Å². The summed E-state index contributed by atoms with van der Waals surface area (Å²) in [6, 6.07) is 7.06. The highest BCUT2D eigenvalue weighted by atomic mass is 79.9. The van der Waals surface area contributed by atoms with Crippen molar-refractivity contribution in [2.75, 3.05) is 11.1 Å². The number of hydrogen-bond donors (Lipinski definition) is 0. The first kappa shape index (κ1) is 13.5. The van der Waals surface area contributed by atoms with Crippen LogP contribution < -0.4 is 0 Å². The van der Waals surface area contributed by atoms with Crippen LogP contribution in [0.1, 0.15) is 31.4 Å². The molecule has 0 N–H and O–H groups in total. The Kier molecular flexibility index (Phi) is 4.98. The molecule has 1 aliphatic rings. The van der Waals surface area contributed by atoms with E-state index in [4.69, 9.17) is 0 Å². The standard InChI is InChI=1S/C15H21BrS/c1-11(2)14(9-16)10-17-15-7-6-12-4-3-5-13(12)8-15/h6-8,11,14H,3-5,9-10H2,1-2H3. The molecule has 1 atom stereocenters. The number of benzene rings is 1. The highest BCUT2D eigenvalue weighted by Crippen LogP contribution is 2.30. The Balaban J connectivity index is 1.95. The third-order valence-electron chi connectivity index (χ3n) is 3.68. The van der Waals surface area contributed by atoms with Crippen molar-refractivity contribution in [1.29, 1.82) is 0 Å². The van der Waals surface area contributed by atoms with Crippen LogP contribution in [-0.4, -0.2) is 11.1 Å². The molecular formula is C15H21BrS. The van der Waals surface area contributed by atoms with Crippen molar-refractivity contribution in [2.24, 2.45) is 11.8 Å². The summed E-state index contributed by atoms with van der Waals surface area (Å²) in [5, 5.41) is 1.11. The lowest BCUT2D eigenvalue weighted by Crippen LogP contribution is -2.12. The minimum absolute atomic E-state index is 0.760. The number of aryl methyl sites for hydroxylation is 2. The average molecular weight is 313 g/mol. The Hall–Kier alpha value is 0.0500. The third-order valence-corrected chi connectivity index (χ3v) is 5.69. The quantitative estimate of drug-likeness (QED) is 0.548. The van der Waals surface area contributed by atoms with Crippen molar-refractivity contribution in [3.63, 3.8) is 0 Å². The molecule has 0 bridgehead atoms. The van der Waals surface area contributed by atoms with Gasteiger partial charge in [0.05, 0.1) is 0 Å². The molecule has 0 fully saturated rings. The monoisotopic (exact) mass is 312 g/mol. The first-order valence-electron chi connectivity index (χ1n) is 6.51. The highest BCUT2D eigenvalue weighted by molar-refractivity contribution is 9.09. The summed E-state index contributed by atoms with van der Waals surface area (Å²) in [7, 11) is 0. The van der Waals surface area contributed by atoms with E-state index in [1.807, 2.05) is 11.8 Å². The number of halogens is 1. The lowest BCUT2D eigenvalue weighted by molar-refractivity contribution is 0.474. The number of alkyl halides is 1. The summed E-state index contributed by atoms with van der Waals surface area (Å²) in [6.07, 6.45) is 3.92. The summed E-state index contributed by atoms with van der Waals surface area (Å²) in [6.45, 7) is 4.63. The Morgan fingerprint density at radius 1 is 1.24 bits per heavy atom. The molecule has 1 aromatic carbocycles. The fraction of sp³-hybridized carbons (Fsp3) is 0.600. The van der Waals surface area contributed by atoms with Crippen molar-refractivity contribution in [2.45, 2.75) is 38.0 Å².